The Morgan fingerprint density at radius 1 is 0.962 bits per heavy atom. The van der Waals surface area contributed by atoms with Crippen LogP contribution in [0.1, 0.15) is 46.0 Å². The van der Waals surface area contributed by atoms with Crippen molar-refractivity contribution in [2.45, 2.75) is 33.4 Å². The monoisotopic (exact) mass is 726 g/mol. The summed E-state index contributed by atoms with van der Waals surface area (Å²) in [7, 11) is -3.49. The number of anilines is 2. The molecule has 0 saturated carbocycles. The zero-order chi connectivity index (χ0) is 37.1. The Bertz CT molecular complexity index is 2010. The summed E-state index contributed by atoms with van der Waals surface area (Å²) in [6.45, 7) is 6.21. The van der Waals surface area contributed by atoms with Crippen molar-refractivity contribution in [3.05, 3.63) is 113 Å². The van der Waals surface area contributed by atoms with E-state index in [4.69, 9.17) is 18.9 Å². The Balaban J connectivity index is 1.36. The molecule has 13 heteroatoms. The maximum atomic E-state index is 13.0. The molecule has 0 bridgehead atoms. The number of hydrogen-bond donors (Lipinski definition) is 2. The zero-order valence-corrected chi connectivity index (χ0v) is 30.2. The molecule has 0 aromatic heterocycles. The number of carbonyl (C=O) groups is 2. The molecule has 1 aliphatic rings. The molecule has 12 nitrogen and oxygen atoms in total. The highest BCUT2D eigenvalue weighted by atomic mass is 32.2. The quantitative estimate of drug-likeness (QED) is 0.132. The molecule has 1 atom stereocenters. The van der Waals surface area contributed by atoms with E-state index < -0.39 is 21.9 Å². The second-order valence-corrected chi connectivity index (χ2v) is 14.2. The number of hydrogen-bond acceptors (Lipinski definition) is 10. The summed E-state index contributed by atoms with van der Waals surface area (Å²) in [5, 5.41) is 11.8. The van der Waals surface area contributed by atoms with E-state index in [2.05, 4.69) is 21.0 Å². The molecule has 52 heavy (non-hydrogen) atoms. The Labute approximate surface area is 304 Å². The van der Waals surface area contributed by atoms with E-state index in [1.165, 1.54) is 0 Å². The lowest BCUT2D eigenvalue weighted by atomic mass is 10.1. The van der Waals surface area contributed by atoms with Crippen molar-refractivity contribution in [1.29, 1.82) is 5.26 Å². The molecule has 5 rings (SSSR count). The number of nitrogens with zero attached hydrogens (tertiary/aromatic N) is 2. The number of carbonyl (C=O) groups excluding carboxylic acids is 2. The maximum Gasteiger partial charge on any atom is 0.325 e. The van der Waals surface area contributed by atoms with Gasteiger partial charge in [0.2, 0.25) is 10.0 Å². The Morgan fingerprint density at radius 3 is 2.29 bits per heavy atom. The summed E-state index contributed by atoms with van der Waals surface area (Å²) in [4.78, 5) is 27.0. The van der Waals surface area contributed by atoms with Crippen molar-refractivity contribution in [2.24, 2.45) is 5.92 Å². The fourth-order valence-corrected chi connectivity index (χ4v) is 6.29. The Morgan fingerprint density at radius 2 is 1.65 bits per heavy atom. The predicted molar refractivity (Wildman–Crippen MR) is 197 cm³/mol. The first-order chi connectivity index (χ1) is 25.0. The molecular formula is C39H42N4O8S. The van der Waals surface area contributed by atoms with Crippen molar-refractivity contribution in [2.75, 3.05) is 48.9 Å². The second-order valence-electron chi connectivity index (χ2n) is 12.5. The number of amides is 1. The van der Waals surface area contributed by atoms with Crippen LogP contribution in [-0.4, -0.2) is 59.5 Å². The van der Waals surface area contributed by atoms with Gasteiger partial charge in [-0.2, -0.15) is 5.26 Å². The van der Waals surface area contributed by atoms with Crippen LogP contribution in [0.4, 0.5) is 11.4 Å². The van der Waals surface area contributed by atoms with E-state index in [1.54, 1.807) is 43.3 Å². The molecule has 0 spiro atoms. The van der Waals surface area contributed by atoms with Gasteiger partial charge in [-0.3, -0.25) is 14.3 Å². The van der Waals surface area contributed by atoms with Gasteiger partial charge in [0.1, 0.15) is 23.8 Å². The smallest absolute Gasteiger partial charge is 0.325 e. The first-order valence-corrected chi connectivity index (χ1v) is 18.8. The third-order valence-corrected chi connectivity index (χ3v) is 8.87. The average molecular weight is 727 g/mol. The van der Waals surface area contributed by atoms with Gasteiger partial charge in [0.05, 0.1) is 43.4 Å². The molecule has 1 aliphatic heterocycles. The Hall–Kier alpha value is -5.58. The molecule has 4 aromatic rings. The van der Waals surface area contributed by atoms with Crippen molar-refractivity contribution in [3.63, 3.8) is 0 Å². The molecular weight excluding hydrogens is 685 g/mol. The van der Waals surface area contributed by atoms with E-state index in [0.717, 1.165) is 35.1 Å². The fraction of sp³-hybridized carbons (Fsp3) is 0.308. The highest BCUT2D eigenvalue weighted by Gasteiger charge is 2.19. The number of nitrogens with one attached hydrogen (secondary N) is 2. The Kier molecular flexibility index (Phi) is 12.7. The summed E-state index contributed by atoms with van der Waals surface area (Å²) in [6.07, 6.45) is 2.01. The van der Waals surface area contributed by atoms with Crippen molar-refractivity contribution < 1.29 is 37.0 Å². The summed E-state index contributed by atoms with van der Waals surface area (Å²) >= 11 is 0. The van der Waals surface area contributed by atoms with Crippen molar-refractivity contribution in [3.8, 4) is 23.3 Å². The lowest BCUT2D eigenvalue weighted by Crippen LogP contribution is -2.30. The molecule has 0 aliphatic carbocycles. The molecule has 2 N–H and O–H groups in total. The minimum atomic E-state index is -3.49. The van der Waals surface area contributed by atoms with Gasteiger partial charge >= 0.3 is 5.97 Å². The first-order valence-electron chi connectivity index (χ1n) is 16.9. The number of nitriles is 1. The molecule has 1 fully saturated rings. The van der Waals surface area contributed by atoms with E-state index in [9.17, 15) is 23.3 Å². The molecule has 272 valence electrons. The van der Waals surface area contributed by atoms with Gasteiger partial charge in [0.15, 0.2) is 0 Å². The van der Waals surface area contributed by atoms with E-state index in [0.29, 0.717) is 61.4 Å². The minimum Gasteiger partial charge on any atom is -0.493 e. The molecule has 1 unspecified atom stereocenters. The van der Waals surface area contributed by atoms with Gasteiger partial charge in [-0.05, 0) is 85.5 Å². The van der Waals surface area contributed by atoms with E-state index in [-0.39, 0.29) is 24.6 Å². The molecule has 4 aromatic carbocycles. The van der Waals surface area contributed by atoms with Crippen LogP contribution in [0.5, 0.6) is 17.2 Å². The van der Waals surface area contributed by atoms with Gasteiger partial charge in [-0.25, -0.2) is 8.42 Å². The highest BCUT2D eigenvalue weighted by Crippen LogP contribution is 2.32. The lowest BCUT2D eigenvalue weighted by molar-refractivity contribution is -0.141. The molecule has 1 amide bonds. The van der Waals surface area contributed by atoms with Gasteiger partial charge in [0, 0.05) is 42.9 Å². The van der Waals surface area contributed by atoms with Crippen LogP contribution in [0.3, 0.4) is 0 Å². The van der Waals surface area contributed by atoms with Crippen molar-refractivity contribution >= 4 is 33.3 Å². The van der Waals surface area contributed by atoms with Crippen LogP contribution in [0.15, 0.2) is 84.9 Å². The average Bonchev–Trinajstić information content (AvgIpc) is 3.65. The number of benzene rings is 4. The van der Waals surface area contributed by atoms with Gasteiger partial charge in [-0.15, -0.1) is 0 Å². The number of sulfonamides is 1. The van der Waals surface area contributed by atoms with Crippen LogP contribution in [0.25, 0.3) is 0 Å². The lowest BCUT2D eigenvalue weighted by Gasteiger charge is -2.28. The number of ether oxygens (including phenoxy) is 4. The summed E-state index contributed by atoms with van der Waals surface area (Å²) in [5.41, 5.74) is 4.86. The normalized spacial score (nSPS) is 13.8. The molecule has 0 radical (unpaired) electrons. The van der Waals surface area contributed by atoms with Crippen LogP contribution in [0.2, 0.25) is 0 Å². The SMILES string of the molecule is CCOC(=O)CNC(=O)c1cc(OCC2CCOC2)cc(Oc2ccc(CN(Cc3ccc(C#N)cc3)c3cccc(NS(C)(=O)=O)c3C)cc2)c1. The van der Waals surface area contributed by atoms with Crippen LogP contribution < -0.4 is 24.4 Å². The fourth-order valence-electron chi connectivity index (χ4n) is 5.67. The molecule has 1 saturated heterocycles. The molecule has 1 heterocycles. The van der Waals surface area contributed by atoms with E-state index in [1.807, 2.05) is 55.5 Å². The number of rotatable bonds is 16. The largest absolute Gasteiger partial charge is 0.493 e. The van der Waals surface area contributed by atoms with Crippen molar-refractivity contribution in [1.82, 2.24) is 5.32 Å². The highest BCUT2D eigenvalue weighted by molar-refractivity contribution is 7.92. The zero-order valence-electron chi connectivity index (χ0n) is 29.4. The predicted octanol–water partition coefficient (Wildman–Crippen LogP) is 5.95. The van der Waals surface area contributed by atoms with Gasteiger partial charge in [0.25, 0.3) is 5.91 Å². The van der Waals surface area contributed by atoms with Gasteiger partial charge < -0.3 is 29.2 Å². The maximum absolute atomic E-state index is 13.0. The second kappa shape index (κ2) is 17.6. The van der Waals surface area contributed by atoms with Crippen LogP contribution in [-0.2, 0) is 37.4 Å². The third-order valence-electron chi connectivity index (χ3n) is 8.28. The van der Waals surface area contributed by atoms with E-state index >= 15 is 0 Å². The standard InChI is InChI=1S/C39H42N4O8S/c1-4-49-38(44)22-41-39(45)32-18-34(50-26-31-16-17-48-25-31)20-35(19-32)51-33-14-12-30(13-15-33)24-43(23-29-10-8-28(21-40)9-11-29)37-7-5-6-36(27(37)2)42-52(3,46)47/h5-15,18-20,31,42H,4,16-17,22-26H2,1-3H3,(H,41,45). The van der Waals surface area contributed by atoms with Gasteiger partial charge in [-0.1, -0.05) is 30.3 Å². The first kappa shape index (κ1) is 37.7. The summed E-state index contributed by atoms with van der Waals surface area (Å²) < 4.78 is 49.4. The van der Waals surface area contributed by atoms with Crippen LogP contribution in [0, 0.1) is 24.2 Å². The summed E-state index contributed by atoms with van der Waals surface area (Å²) in [6, 6.07) is 27.4. The summed E-state index contributed by atoms with van der Waals surface area (Å²) in [5.74, 6) is 0.585. The minimum absolute atomic E-state index is 0.213. The third kappa shape index (κ3) is 11.0. The topological polar surface area (TPSA) is 156 Å². The van der Waals surface area contributed by atoms with Crippen LogP contribution >= 0.6 is 0 Å². The number of esters is 1.